The van der Waals surface area contributed by atoms with Crippen LogP contribution in [0.25, 0.3) is 207 Å². The van der Waals surface area contributed by atoms with Gasteiger partial charge in [0.05, 0.1) is 11.0 Å². The Kier molecular flexibility index (Phi) is 20.1. The smallest absolute Gasteiger partial charge is 0.164 e. The maximum atomic E-state index is 5.55. The zero-order chi connectivity index (χ0) is 83.1. The van der Waals surface area contributed by atoms with Crippen molar-refractivity contribution < 1.29 is 0 Å². The van der Waals surface area contributed by atoms with E-state index in [9.17, 15) is 0 Å². The summed E-state index contributed by atoms with van der Waals surface area (Å²) in [5.74, 6) is 3.39. The number of rotatable bonds is 17. The third kappa shape index (κ3) is 15.7. The normalized spacial score (nSPS) is 11.7. The number of fused-ring (bicyclic) bond motifs is 3. The summed E-state index contributed by atoms with van der Waals surface area (Å²) in [6, 6.07) is 150. The fourth-order valence-corrected chi connectivity index (χ4v) is 16.9. The van der Waals surface area contributed by atoms with Crippen LogP contribution in [0.15, 0.2) is 419 Å². The van der Waals surface area contributed by atoms with Crippen molar-refractivity contribution in [1.29, 1.82) is 0 Å². The second-order valence-corrected chi connectivity index (χ2v) is 33.9. The Morgan fingerprint density at radius 1 is 0.163 bits per heavy atom. The third-order valence-electron chi connectivity index (χ3n) is 23.5. The molecule has 0 bridgehead atoms. The van der Waals surface area contributed by atoms with Gasteiger partial charge in [-0.1, -0.05) is 351 Å². The highest BCUT2D eigenvalue weighted by molar-refractivity contribution is 6.18. The largest absolute Gasteiger partial charge is 0.308 e. The van der Waals surface area contributed by atoms with Gasteiger partial charge < -0.3 is 4.57 Å². The fourth-order valence-electron chi connectivity index (χ4n) is 16.9. The summed E-state index contributed by atoms with van der Waals surface area (Å²) in [4.78, 5) is 33.3. The van der Waals surface area contributed by atoms with Crippen LogP contribution in [0.4, 0.5) is 0 Å². The van der Waals surface area contributed by atoms with Crippen molar-refractivity contribution in [3.8, 4) is 185 Å². The van der Waals surface area contributed by atoms with Gasteiger partial charge in [0.15, 0.2) is 34.9 Å². The Balaban J connectivity index is 0.763. The van der Waals surface area contributed by atoms with Crippen molar-refractivity contribution in [1.82, 2.24) is 34.5 Å². The first-order valence-electron chi connectivity index (χ1n) is 42.2. The minimum absolute atomic E-state index is 0.239. The first-order valence-corrected chi connectivity index (χ1v) is 42.2. The Hall–Kier alpha value is -15.4. The molecule has 7 nitrogen and oxygen atoms in total. The molecule has 0 N–H and O–H groups in total. The van der Waals surface area contributed by atoms with Gasteiger partial charge in [0, 0.05) is 61.0 Å². The van der Waals surface area contributed by atoms with Gasteiger partial charge >= 0.3 is 0 Å². The Morgan fingerprint density at radius 2 is 0.341 bits per heavy atom. The maximum Gasteiger partial charge on any atom is 0.164 e. The van der Waals surface area contributed by atoms with Crippen molar-refractivity contribution in [2.75, 3.05) is 0 Å². The summed E-state index contributed by atoms with van der Waals surface area (Å²) in [6.07, 6.45) is 0. The molecular formula is C116H87N7. The van der Waals surface area contributed by atoms with Crippen LogP contribution in [0, 0.1) is 0 Å². The maximum absolute atomic E-state index is 5.55. The van der Waals surface area contributed by atoms with E-state index in [4.69, 9.17) is 29.9 Å². The Bertz CT molecular complexity index is 6330. The molecule has 0 saturated carbocycles. The van der Waals surface area contributed by atoms with Crippen LogP contribution in [0.2, 0.25) is 0 Å². The van der Waals surface area contributed by atoms with E-state index in [2.05, 4.69) is 465 Å². The summed E-state index contributed by atoms with van der Waals surface area (Å²) >= 11 is 0. The molecule has 586 valence electrons. The SMILES string of the molecule is CC(C)(C)c1cc(-c2ccc(-c3nc(-c4cc(-c5ccccc5)cc(-c5ccccc5)c4)nc(-c4cc(-c5ccccc5)cc(-c5ccccc5)c4)n3)cc2)c2c(c1)c1cc(C(C)(C)C)cc(-c3ccc(-c4nc(-c5cc(-c6ccccc6)cc(-c6ccccc6)c5)nc(-c5cc(-c6ccccc6)cc(-c6ccccc6)c5)n4)cc3)c1n2-c1ccccc1. The highest BCUT2D eigenvalue weighted by atomic mass is 15.0. The average molecular weight is 1580 g/mol. The van der Waals surface area contributed by atoms with Crippen LogP contribution in [0.5, 0.6) is 0 Å². The zero-order valence-electron chi connectivity index (χ0n) is 69.5. The summed E-state index contributed by atoms with van der Waals surface area (Å²) in [5, 5.41) is 2.33. The number of nitrogens with zero attached hydrogens (tertiary/aromatic N) is 7. The van der Waals surface area contributed by atoms with Crippen LogP contribution in [0.1, 0.15) is 52.7 Å². The second kappa shape index (κ2) is 32.4. The van der Waals surface area contributed by atoms with E-state index in [1.807, 2.05) is 0 Å². The van der Waals surface area contributed by atoms with Crippen molar-refractivity contribution in [2.24, 2.45) is 0 Å². The van der Waals surface area contributed by atoms with E-state index in [-0.39, 0.29) is 10.8 Å². The van der Waals surface area contributed by atoms with Crippen LogP contribution in [-0.4, -0.2) is 34.5 Å². The van der Waals surface area contributed by atoms with Crippen LogP contribution < -0.4 is 0 Å². The lowest BCUT2D eigenvalue weighted by atomic mass is 9.82. The molecule has 17 aromatic carbocycles. The van der Waals surface area contributed by atoms with E-state index in [1.54, 1.807) is 0 Å². The quantitative estimate of drug-likeness (QED) is 0.0903. The standard InChI is InChI=1S/C116H87N7/c1-115(2,3)100-72-103(84-52-56-86(57-53-84)109-117-111(96-64-88(76-34-16-7-17-35-76)60-89(65-96)77-36-18-8-19-37-77)121-112(118-109)97-66-90(78-38-20-9-21-39-78)61-91(67-97)79-40-22-10-23-41-79)107-105(74-100)106-75-101(116(4,5)6)73-104(108(106)123(107)102-50-32-15-33-51-102)85-54-58-87(59-55-85)110-119-113(98-68-92(80-42-24-11-25-43-80)62-93(69-98)81-44-26-12-27-45-81)122-114(120-110)99-70-94(82-46-28-13-29-47-82)63-95(71-99)83-48-30-14-31-49-83/h7-75H,1-6H3. The molecule has 0 unspecified atom stereocenters. The van der Waals surface area contributed by atoms with Gasteiger partial charge in [-0.15, -0.1) is 0 Å². The summed E-state index contributed by atoms with van der Waals surface area (Å²) in [6.45, 7) is 13.9. The Labute approximate surface area is 718 Å². The zero-order valence-corrected chi connectivity index (χ0v) is 69.5. The molecule has 0 atom stereocenters. The molecule has 0 spiro atoms. The molecule has 3 aromatic heterocycles. The van der Waals surface area contributed by atoms with E-state index < -0.39 is 0 Å². The van der Waals surface area contributed by atoms with Gasteiger partial charge in [-0.3, -0.25) is 0 Å². The van der Waals surface area contributed by atoms with Crippen molar-refractivity contribution >= 4 is 21.8 Å². The molecule has 123 heavy (non-hydrogen) atoms. The highest BCUT2D eigenvalue weighted by Crippen LogP contribution is 2.48. The molecule has 0 fully saturated rings. The first-order chi connectivity index (χ1) is 60.2. The average Bonchev–Trinajstić information content (AvgIpc) is 1.55. The second-order valence-electron chi connectivity index (χ2n) is 33.9. The molecular weight excluding hydrogens is 1490 g/mol. The number of para-hydroxylation sites is 1. The van der Waals surface area contributed by atoms with E-state index >= 15 is 0 Å². The van der Waals surface area contributed by atoms with Crippen LogP contribution in [-0.2, 0) is 10.8 Å². The van der Waals surface area contributed by atoms with Gasteiger partial charge in [0.1, 0.15) is 0 Å². The molecule has 0 amide bonds. The molecule has 3 heterocycles. The number of benzene rings is 17. The molecule has 20 aromatic rings. The number of hydrogen-bond acceptors (Lipinski definition) is 6. The highest BCUT2D eigenvalue weighted by Gasteiger charge is 2.29. The van der Waals surface area contributed by atoms with Crippen LogP contribution >= 0.6 is 0 Å². The van der Waals surface area contributed by atoms with Gasteiger partial charge in [-0.25, -0.2) is 29.9 Å². The minimum Gasteiger partial charge on any atom is -0.308 e. The minimum atomic E-state index is -0.239. The lowest BCUT2D eigenvalue weighted by molar-refractivity contribution is 0.590. The number of aromatic nitrogens is 7. The van der Waals surface area contributed by atoms with Crippen molar-refractivity contribution in [3.05, 3.63) is 430 Å². The van der Waals surface area contributed by atoms with Crippen LogP contribution in [0.3, 0.4) is 0 Å². The van der Waals surface area contributed by atoms with E-state index in [1.165, 1.54) is 21.9 Å². The summed E-state index contributed by atoms with van der Waals surface area (Å²) in [5.41, 5.74) is 32.1. The van der Waals surface area contributed by atoms with E-state index in [0.717, 1.165) is 161 Å². The topological polar surface area (TPSA) is 82.3 Å². The molecule has 0 aliphatic heterocycles. The monoisotopic (exact) mass is 1580 g/mol. The molecule has 0 saturated heterocycles. The predicted molar refractivity (Wildman–Crippen MR) is 512 cm³/mol. The lowest BCUT2D eigenvalue weighted by Gasteiger charge is -2.22. The van der Waals surface area contributed by atoms with E-state index in [0.29, 0.717) is 34.9 Å². The summed E-state index contributed by atoms with van der Waals surface area (Å²) in [7, 11) is 0. The van der Waals surface area contributed by atoms with Gasteiger partial charge in [0.2, 0.25) is 0 Å². The van der Waals surface area contributed by atoms with Gasteiger partial charge in [-0.2, -0.15) is 0 Å². The molecule has 0 aliphatic carbocycles. The van der Waals surface area contributed by atoms with Gasteiger partial charge in [0.25, 0.3) is 0 Å². The lowest BCUT2D eigenvalue weighted by Crippen LogP contribution is -2.11. The molecule has 0 radical (unpaired) electrons. The fraction of sp³-hybridized carbons (Fsp3) is 0.0690. The number of hydrogen-bond donors (Lipinski definition) is 0. The first kappa shape index (κ1) is 76.3. The Morgan fingerprint density at radius 3 is 0.545 bits per heavy atom. The molecule has 0 aliphatic rings. The molecule has 7 heteroatoms. The van der Waals surface area contributed by atoms with Crippen molar-refractivity contribution in [3.63, 3.8) is 0 Å². The van der Waals surface area contributed by atoms with Crippen molar-refractivity contribution in [2.45, 2.75) is 52.4 Å². The van der Waals surface area contributed by atoms with Gasteiger partial charge in [-0.05, 0) is 231 Å². The molecule has 20 rings (SSSR count). The third-order valence-corrected chi connectivity index (χ3v) is 23.5. The summed E-state index contributed by atoms with van der Waals surface area (Å²) < 4.78 is 2.52. The predicted octanol–water partition coefficient (Wildman–Crippen LogP) is 30.4.